The molecule has 1 N–H and O–H groups in total. The van der Waals surface area contributed by atoms with Crippen molar-refractivity contribution < 1.29 is 9.90 Å². The molecule has 2 rings (SSSR count). The van der Waals surface area contributed by atoms with Crippen molar-refractivity contribution in [3.05, 3.63) is 52.9 Å². The van der Waals surface area contributed by atoms with Gasteiger partial charge in [-0.25, -0.2) is 4.79 Å². The molecule has 1 aromatic carbocycles. The Morgan fingerprint density at radius 2 is 1.83 bits per heavy atom. The molecule has 0 aromatic heterocycles. The summed E-state index contributed by atoms with van der Waals surface area (Å²) in [5.41, 5.74) is 3.72. The molecule has 1 unspecified atom stereocenters. The Hall–Kier alpha value is -1.68. The number of allylic oxidation sites excluding steroid dienone is 3. The van der Waals surface area contributed by atoms with Crippen LogP contribution < -0.4 is 0 Å². The van der Waals surface area contributed by atoms with E-state index in [1.165, 1.54) is 10.6 Å². The summed E-state index contributed by atoms with van der Waals surface area (Å²) in [6.45, 7) is 7.04. The molecule has 0 bridgehead atoms. The molecule has 124 valence electrons. The maximum atomic E-state index is 12.0. The Bertz CT molecular complexity index is 631. The van der Waals surface area contributed by atoms with Crippen LogP contribution in [0.1, 0.15) is 45.1 Å². The molecule has 3 nitrogen and oxygen atoms in total. The van der Waals surface area contributed by atoms with E-state index in [4.69, 9.17) is 0 Å². The average molecular weight is 331 g/mol. The number of rotatable bonds is 6. The maximum Gasteiger partial charge on any atom is 0.334 e. The van der Waals surface area contributed by atoms with Gasteiger partial charge in [-0.05, 0) is 43.7 Å². The van der Waals surface area contributed by atoms with E-state index in [9.17, 15) is 9.90 Å². The van der Waals surface area contributed by atoms with Crippen LogP contribution in [0.3, 0.4) is 0 Å². The summed E-state index contributed by atoms with van der Waals surface area (Å²) in [6, 6.07) is 8.24. The summed E-state index contributed by atoms with van der Waals surface area (Å²) in [4.78, 5) is 15.3. The Morgan fingerprint density at radius 3 is 2.26 bits per heavy atom. The fourth-order valence-electron chi connectivity index (χ4n) is 3.28. The zero-order chi connectivity index (χ0) is 17.0. The van der Waals surface area contributed by atoms with Crippen LogP contribution in [0.5, 0.6) is 0 Å². The van der Waals surface area contributed by atoms with Crippen molar-refractivity contribution in [3.8, 4) is 0 Å². The van der Waals surface area contributed by atoms with E-state index >= 15 is 0 Å². The van der Waals surface area contributed by atoms with Gasteiger partial charge in [0.05, 0.1) is 5.57 Å². The number of thioether (sulfide) groups is 1. The highest BCUT2D eigenvalue weighted by molar-refractivity contribution is 7.98. The Morgan fingerprint density at radius 1 is 1.17 bits per heavy atom. The van der Waals surface area contributed by atoms with Crippen LogP contribution in [0, 0.1) is 0 Å². The third-order valence-corrected chi connectivity index (χ3v) is 5.12. The van der Waals surface area contributed by atoms with E-state index in [2.05, 4.69) is 49.1 Å². The smallest absolute Gasteiger partial charge is 0.334 e. The highest BCUT2D eigenvalue weighted by Crippen LogP contribution is 2.39. The predicted molar refractivity (Wildman–Crippen MR) is 96.7 cm³/mol. The van der Waals surface area contributed by atoms with E-state index in [0.717, 1.165) is 30.6 Å². The average Bonchev–Trinajstić information content (AvgIpc) is 2.59. The van der Waals surface area contributed by atoms with E-state index in [0.29, 0.717) is 5.57 Å². The molecule has 0 saturated carbocycles. The van der Waals surface area contributed by atoms with Gasteiger partial charge in [0.1, 0.15) is 0 Å². The standard InChI is InChI=1S/C19H25NO2S/c1-5-14-12-16(13-8-10-15(23-4)11-9-13)18(19(21)22)17(6-2)20(14)7-3/h8-12,16H,5-7H2,1-4H3,(H,21,22). The first kappa shape index (κ1) is 17.7. The molecule has 1 aromatic rings. The fraction of sp³-hybridized carbons (Fsp3) is 0.421. The van der Waals surface area contributed by atoms with Gasteiger partial charge in [0.2, 0.25) is 0 Å². The van der Waals surface area contributed by atoms with Gasteiger partial charge in [-0.15, -0.1) is 11.8 Å². The zero-order valence-corrected chi connectivity index (χ0v) is 15.1. The van der Waals surface area contributed by atoms with Gasteiger partial charge in [-0.1, -0.05) is 32.1 Å². The normalized spacial score (nSPS) is 18.2. The molecular weight excluding hydrogens is 306 g/mol. The molecule has 1 aliphatic rings. The number of nitrogens with zero attached hydrogens (tertiary/aromatic N) is 1. The quantitative estimate of drug-likeness (QED) is 0.755. The van der Waals surface area contributed by atoms with E-state index in [1.54, 1.807) is 11.8 Å². The summed E-state index contributed by atoms with van der Waals surface area (Å²) >= 11 is 1.69. The topological polar surface area (TPSA) is 40.5 Å². The molecule has 0 fully saturated rings. The molecule has 0 aliphatic carbocycles. The van der Waals surface area contributed by atoms with Gasteiger partial charge in [-0.2, -0.15) is 0 Å². The van der Waals surface area contributed by atoms with Crippen LogP contribution in [0.2, 0.25) is 0 Å². The SMILES string of the molecule is CCC1=CC(c2ccc(SC)cc2)C(C(=O)O)=C(CC)N1CC. The van der Waals surface area contributed by atoms with Gasteiger partial charge in [0.15, 0.2) is 0 Å². The number of benzene rings is 1. The molecule has 0 radical (unpaired) electrons. The summed E-state index contributed by atoms with van der Waals surface area (Å²) in [6.07, 6.45) is 5.80. The number of hydrogen-bond donors (Lipinski definition) is 1. The van der Waals surface area contributed by atoms with Crippen molar-refractivity contribution in [3.63, 3.8) is 0 Å². The first-order chi connectivity index (χ1) is 11.1. The first-order valence-corrected chi connectivity index (χ1v) is 9.38. The number of carbonyl (C=O) groups is 1. The largest absolute Gasteiger partial charge is 0.478 e. The Balaban J connectivity index is 2.57. The van der Waals surface area contributed by atoms with E-state index in [1.807, 2.05) is 13.2 Å². The van der Waals surface area contributed by atoms with Gasteiger partial charge in [-0.3, -0.25) is 0 Å². The lowest BCUT2D eigenvalue weighted by Crippen LogP contribution is -2.30. The maximum absolute atomic E-state index is 12.0. The van der Waals surface area contributed by atoms with Crippen LogP contribution in [0.4, 0.5) is 0 Å². The second-order valence-electron chi connectivity index (χ2n) is 5.53. The van der Waals surface area contributed by atoms with Crippen molar-refractivity contribution in [2.45, 2.75) is 44.4 Å². The molecule has 1 aliphatic heterocycles. The van der Waals surface area contributed by atoms with Crippen molar-refractivity contribution in [1.29, 1.82) is 0 Å². The lowest BCUT2D eigenvalue weighted by molar-refractivity contribution is -0.133. The van der Waals surface area contributed by atoms with Crippen LogP contribution in [0.15, 0.2) is 52.2 Å². The first-order valence-electron chi connectivity index (χ1n) is 8.15. The van der Waals surface area contributed by atoms with Crippen molar-refractivity contribution in [2.75, 3.05) is 12.8 Å². The van der Waals surface area contributed by atoms with E-state index in [-0.39, 0.29) is 5.92 Å². The van der Waals surface area contributed by atoms with Gasteiger partial charge >= 0.3 is 5.97 Å². The highest BCUT2D eigenvalue weighted by Gasteiger charge is 2.31. The third kappa shape index (κ3) is 3.47. The fourth-order valence-corrected chi connectivity index (χ4v) is 3.69. The second-order valence-corrected chi connectivity index (χ2v) is 6.41. The van der Waals surface area contributed by atoms with Crippen molar-refractivity contribution >= 4 is 17.7 Å². The molecule has 0 amide bonds. The Labute approximate surface area is 143 Å². The number of hydrogen-bond acceptors (Lipinski definition) is 3. The number of carboxylic acid groups (broad SMARTS) is 1. The molecule has 4 heteroatoms. The summed E-state index contributed by atoms with van der Waals surface area (Å²) < 4.78 is 0. The lowest BCUT2D eigenvalue weighted by Gasteiger charge is -2.36. The van der Waals surface area contributed by atoms with Crippen molar-refractivity contribution in [2.24, 2.45) is 0 Å². The molecule has 23 heavy (non-hydrogen) atoms. The monoisotopic (exact) mass is 331 g/mol. The van der Waals surface area contributed by atoms with Gasteiger partial charge in [0, 0.05) is 28.8 Å². The summed E-state index contributed by atoms with van der Waals surface area (Å²) in [7, 11) is 0. The number of carboxylic acids is 1. The van der Waals surface area contributed by atoms with Crippen LogP contribution in [-0.4, -0.2) is 28.8 Å². The minimum absolute atomic E-state index is 0.170. The van der Waals surface area contributed by atoms with E-state index < -0.39 is 5.97 Å². The van der Waals surface area contributed by atoms with Crippen molar-refractivity contribution in [1.82, 2.24) is 4.90 Å². The molecule has 0 saturated heterocycles. The summed E-state index contributed by atoms with van der Waals surface area (Å²) in [5, 5.41) is 9.83. The van der Waals surface area contributed by atoms with Crippen LogP contribution in [-0.2, 0) is 4.79 Å². The second kappa shape index (κ2) is 7.73. The van der Waals surface area contributed by atoms with Crippen LogP contribution >= 0.6 is 11.8 Å². The Kier molecular flexibility index (Phi) is 5.94. The highest BCUT2D eigenvalue weighted by atomic mass is 32.2. The minimum Gasteiger partial charge on any atom is -0.478 e. The number of aliphatic carboxylic acids is 1. The molecular formula is C19H25NO2S. The minimum atomic E-state index is -0.814. The van der Waals surface area contributed by atoms with Gasteiger partial charge < -0.3 is 10.0 Å². The van der Waals surface area contributed by atoms with Gasteiger partial charge in [0.25, 0.3) is 0 Å². The molecule has 0 spiro atoms. The van der Waals surface area contributed by atoms with Crippen LogP contribution in [0.25, 0.3) is 0 Å². The zero-order valence-electron chi connectivity index (χ0n) is 14.3. The summed E-state index contributed by atoms with van der Waals surface area (Å²) in [5.74, 6) is -0.984. The molecule has 1 heterocycles. The lowest BCUT2D eigenvalue weighted by atomic mass is 9.84. The third-order valence-electron chi connectivity index (χ3n) is 4.37. The predicted octanol–water partition coefficient (Wildman–Crippen LogP) is 4.87. The molecule has 1 atom stereocenters.